The van der Waals surface area contributed by atoms with E-state index in [1.54, 1.807) is 12.5 Å². The summed E-state index contributed by atoms with van der Waals surface area (Å²) in [4.78, 5) is 14.4. The second kappa shape index (κ2) is 4.61. The fourth-order valence-electron chi connectivity index (χ4n) is 1.05. The van der Waals surface area contributed by atoms with E-state index in [4.69, 9.17) is 5.73 Å². The first-order chi connectivity index (χ1) is 6.18. The number of carbonyl (C=O) groups excluding carboxylic acids is 1. The lowest BCUT2D eigenvalue weighted by molar-refractivity contribution is -0.117. The number of aromatic nitrogens is 2. The van der Waals surface area contributed by atoms with Gasteiger partial charge >= 0.3 is 0 Å². The minimum atomic E-state index is -0.336. The lowest BCUT2D eigenvalue weighted by Crippen LogP contribution is -2.37. The third kappa shape index (κ3) is 3.71. The summed E-state index contributed by atoms with van der Waals surface area (Å²) >= 11 is 0. The van der Waals surface area contributed by atoms with Crippen molar-refractivity contribution in [2.75, 3.05) is 6.54 Å². The molecule has 0 fully saturated rings. The van der Waals surface area contributed by atoms with E-state index in [0.29, 0.717) is 0 Å². The molecule has 1 aromatic rings. The number of nitrogens with two attached hydrogens (primary N) is 1. The molecular formula is C8H14N4O. The van der Waals surface area contributed by atoms with Crippen molar-refractivity contribution in [2.45, 2.75) is 19.5 Å². The third-order valence-electron chi connectivity index (χ3n) is 1.67. The van der Waals surface area contributed by atoms with E-state index in [1.807, 2.05) is 17.7 Å². The molecule has 72 valence electrons. The third-order valence-corrected chi connectivity index (χ3v) is 1.67. The predicted molar refractivity (Wildman–Crippen MR) is 48.9 cm³/mol. The van der Waals surface area contributed by atoms with Gasteiger partial charge in [-0.05, 0) is 6.92 Å². The van der Waals surface area contributed by atoms with Gasteiger partial charge in [-0.2, -0.15) is 0 Å². The molecule has 0 aromatic carbocycles. The molecule has 0 bridgehead atoms. The normalized spacial score (nSPS) is 12.7. The van der Waals surface area contributed by atoms with Gasteiger partial charge in [-0.3, -0.25) is 4.79 Å². The zero-order chi connectivity index (χ0) is 9.68. The molecule has 3 N–H and O–H groups in total. The van der Waals surface area contributed by atoms with Crippen LogP contribution in [0.2, 0.25) is 0 Å². The van der Waals surface area contributed by atoms with Crippen LogP contribution in [0.1, 0.15) is 6.92 Å². The molecule has 1 rings (SSSR count). The molecule has 0 aliphatic carbocycles. The number of hydrogen-bond acceptors (Lipinski definition) is 3. The molecule has 5 nitrogen and oxygen atoms in total. The first kappa shape index (κ1) is 9.73. The highest BCUT2D eigenvalue weighted by Gasteiger charge is 2.02. The summed E-state index contributed by atoms with van der Waals surface area (Å²) in [5.74, 6) is -0.336. The molecule has 0 aliphatic heterocycles. The van der Waals surface area contributed by atoms with Crippen molar-refractivity contribution >= 4 is 5.91 Å². The minimum Gasteiger partial charge on any atom is -0.369 e. The van der Waals surface area contributed by atoms with E-state index in [2.05, 4.69) is 10.3 Å². The van der Waals surface area contributed by atoms with Gasteiger partial charge in [0.25, 0.3) is 0 Å². The molecule has 0 aliphatic rings. The molecule has 1 amide bonds. The zero-order valence-electron chi connectivity index (χ0n) is 7.60. The van der Waals surface area contributed by atoms with Crippen LogP contribution in [0, 0.1) is 0 Å². The maximum atomic E-state index is 10.4. The molecule has 0 radical (unpaired) electrons. The van der Waals surface area contributed by atoms with Gasteiger partial charge in [-0.25, -0.2) is 4.98 Å². The van der Waals surface area contributed by atoms with Gasteiger partial charge in [0.05, 0.1) is 12.9 Å². The van der Waals surface area contributed by atoms with Gasteiger partial charge in [-0.1, -0.05) is 0 Å². The Balaban J connectivity index is 2.25. The highest BCUT2D eigenvalue weighted by Crippen LogP contribution is 1.90. The lowest BCUT2D eigenvalue weighted by Gasteiger charge is -2.12. The van der Waals surface area contributed by atoms with Crippen LogP contribution >= 0.6 is 0 Å². The maximum Gasteiger partial charge on any atom is 0.231 e. The quantitative estimate of drug-likeness (QED) is 0.635. The number of primary amides is 1. The van der Waals surface area contributed by atoms with Crippen LogP contribution in [0.3, 0.4) is 0 Å². The molecule has 0 spiro atoms. The Morgan fingerprint density at radius 3 is 3.08 bits per heavy atom. The Labute approximate surface area is 76.9 Å². The number of rotatable bonds is 5. The molecular weight excluding hydrogens is 168 g/mol. The van der Waals surface area contributed by atoms with Crippen molar-refractivity contribution in [2.24, 2.45) is 5.73 Å². The second-order valence-electron chi connectivity index (χ2n) is 3.01. The molecule has 5 heteroatoms. The fraction of sp³-hybridized carbons (Fsp3) is 0.500. The number of nitrogens with zero attached hydrogens (tertiary/aromatic N) is 2. The standard InChI is InChI=1S/C8H14N4O/c1-7(11-4-8(9)13)5-12-3-2-10-6-12/h2-3,6-7,11H,4-5H2,1H3,(H2,9,13). The van der Waals surface area contributed by atoms with E-state index in [0.717, 1.165) is 6.54 Å². The topological polar surface area (TPSA) is 72.9 Å². The van der Waals surface area contributed by atoms with Gasteiger partial charge in [-0.15, -0.1) is 0 Å². The van der Waals surface area contributed by atoms with E-state index in [-0.39, 0.29) is 18.5 Å². The average Bonchev–Trinajstić information content (AvgIpc) is 2.53. The van der Waals surface area contributed by atoms with Crippen LogP contribution in [-0.2, 0) is 11.3 Å². The van der Waals surface area contributed by atoms with Crippen molar-refractivity contribution < 1.29 is 4.79 Å². The van der Waals surface area contributed by atoms with Gasteiger partial charge in [0, 0.05) is 25.0 Å². The molecule has 1 heterocycles. The highest BCUT2D eigenvalue weighted by atomic mass is 16.1. The zero-order valence-corrected chi connectivity index (χ0v) is 7.60. The van der Waals surface area contributed by atoms with Crippen molar-refractivity contribution in [1.82, 2.24) is 14.9 Å². The summed E-state index contributed by atoms with van der Waals surface area (Å²) in [5.41, 5.74) is 4.99. The monoisotopic (exact) mass is 182 g/mol. The van der Waals surface area contributed by atoms with Gasteiger partial charge < -0.3 is 15.6 Å². The Bertz CT molecular complexity index is 257. The second-order valence-corrected chi connectivity index (χ2v) is 3.01. The molecule has 1 atom stereocenters. The molecule has 0 saturated carbocycles. The first-order valence-corrected chi connectivity index (χ1v) is 4.16. The Hall–Kier alpha value is -1.36. The van der Waals surface area contributed by atoms with Crippen LogP contribution in [0.15, 0.2) is 18.7 Å². The van der Waals surface area contributed by atoms with Crippen molar-refractivity contribution in [1.29, 1.82) is 0 Å². The average molecular weight is 182 g/mol. The van der Waals surface area contributed by atoms with Crippen molar-refractivity contribution in [3.63, 3.8) is 0 Å². The van der Waals surface area contributed by atoms with Gasteiger partial charge in [0.15, 0.2) is 0 Å². The van der Waals surface area contributed by atoms with Crippen LogP contribution in [0.25, 0.3) is 0 Å². The number of hydrogen-bond donors (Lipinski definition) is 2. The van der Waals surface area contributed by atoms with Crippen LogP contribution < -0.4 is 11.1 Å². The highest BCUT2D eigenvalue weighted by molar-refractivity contribution is 5.75. The maximum absolute atomic E-state index is 10.4. The predicted octanol–water partition coefficient (Wildman–Crippen LogP) is -0.653. The Morgan fingerprint density at radius 2 is 2.54 bits per heavy atom. The van der Waals surface area contributed by atoms with Gasteiger partial charge in [0.1, 0.15) is 0 Å². The lowest BCUT2D eigenvalue weighted by atomic mass is 10.3. The number of carbonyl (C=O) groups is 1. The first-order valence-electron chi connectivity index (χ1n) is 4.16. The summed E-state index contributed by atoms with van der Waals surface area (Å²) < 4.78 is 1.94. The summed E-state index contributed by atoms with van der Waals surface area (Å²) in [6, 6.07) is 0.210. The fourth-order valence-corrected chi connectivity index (χ4v) is 1.05. The van der Waals surface area contributed by atoms with Crippen molar-refractivity contribution in [3.8, 4) is 0 Å². The summed E-state index contributed by atoms with van der Waals surface area (Å²) in [7, 11) is 0. The largest absolute Gasteiger partial charge is 0.369 e. The molecule has 13 heavy (non-hydrogen) atoms. The van der Waals surface area contributed by atoms with E-state index in [1.165, 1.54) is 0 Å². The molecule has 0 saturated heterocycles. The van der Waals surface area contributed by atoms with Crippen molar-refractivity contribution in [3.05, 3.63) is 18.7 Å². The Kier molecular flexibility index (Phi) is 3.45. The number of amides is 1. The summed E-state index contributed by atoms with van der Waals surface area (Å²) in [6.45, 7) is 2.99. The van der Waals surface area contributed by atoms with Gasteiger partial charge in [0.2, 0.25) is 5.91 Å². The number of nitrogens with one attached hydrogen (secondary N) is 1. The van der Waals surface area contributed by atoms with Crippen LogP contribution in [0.5, 0.6) is 0 Å². The van der Waals surface area contributed by atoms with E-state index in [9.17, 15) is 4.79 Å². The van der Waals surface area contributed by atoms with E-state index < -0.39 is 0 Å². The Morgan fingerprint density at radius 1 is 1.77 bits per heavy atom. The summed E-state index contributed by atoms with van der Waals surface area (Å²) in [6.07, 6.45) is 5.34. The SMILES string of the molecule is CC(Cn1ccnc1)NCC(N)=O. The molecule has 1 aromatic heterocycles. The van der Waals surface area contributed by atoms with Crippen LogP contribution in [-0.4, -0.2) is 28.0 Å². The smallest absolute Gasteiger partial charge is 0.231 e. The minimum absolute atomic E-state index is 0.210. The summed E-state index contributed by atoms with van der Waals surface area (Å²) in [5, 5.41) is 3.00. The van der Waals surface area contributed by atoms with Crippen LogP contribution in [0.4, 0.5) is 0 Å². The van der Waals surface area contributed by atoms with E-state index >= 15 is 0 Å². The molecule has 1 unspecified atom stereocenters. The number of imidazole rings is 1.